The highest BCUT2D eigenvalue weighted by Gasteiger charge is 2.41. The minimum Gasteiger partial charge on any atom is -0.447 e. The molecule has 216 valence electrons. The number of alkyl halides is 3. The number of benzene rings is 1. The number of anilines is 1. The number of ether oxygens (including phenoxy) is 1. The van der Waals surface area contributed by atoms with Crippen LogP contribution < -0.4 is 4.90 Å². The van der Waals surface area contributed by atoms with E-state index in [1.807, 2.05) is 42.9 Å². The summed E-state index contributed by atoms with van der Waals surface area (Å²) in [4.78, 5) is 30.4. The summed E-state index contributed by atoms with van der Waals surface area (Å²) < 4.78 is 46.3. The molecule has 0 aliphatic carbocycles. The van der Waals surface area contributed by atoms with Crippen molar-refractivity contribution < 1.29 is 22.7 Å². The van der Waals surface area contributed by atoms with Crippen LogP contribution in [0.4, 0.5) is 23.9 Å². The van der Waals surface area contributed by atoms with E-state index in [4.69, 9.17) is 16.3 Å². The van der Waals surface area contributed by atoms with E-state index in [0.717, 1.165) is 22.7 Å². The molecule has 4 rings (SSSR count). The van der Waals surface area contributed by atoms with E-state index < -0.39 is 11.7 Å². The van der Waals surface area contributed by atoms with Gasteiger partial charge in [0, 0.05) is 59.2 Å². The Balaban J connectivity index is 1.70. The number of halogens is 4. The zero-order valence-electron chi connectivity index (χ0n) is 22.9. The number of hydrogen-bond donors (Lipinski definition) is 0. The van der Waals surface area contributed by atoms with Gasteiger partial charge < -0.3 is 14.5 Å². The fourth-order valence-electron chi connectivity index (χ4n) is 5.20. The molecule has 12 heteroatoms. The fraction of sp³-hybridized carbons (Fsp3) is 0.500. The number of nitrogens with zero attached hydrogens (tertiary/aromatic N) is 5. The average Bonchev–Trinajstić information content (AvgIpc) is 3.45. The van der Waals surface area contributed by atoms with Crippen molar-refractivity contribution in [2.45, 2.75) is 90.3 Å². The molecule has 3 heterocycles. The van der Waals surface area contributed by atoms with Crippen LogP contribution in [0.5, 0.6) is 0 Å². The predicted octanol–water partition coefficient (Wildman–Crippen LogP) is 7.85. The van der Waals surface area contributed by atoms with Gasteiger partial charge in [0.05, 0.1) is 11.7 Å². The largest absolute Gasteiger partial charge is 0.447 e. The van der Waals surface area contributed by atoms with E-state index in [-0.39, 0.29) is 41.9 Å². The van der Waals surface area contributed by atoms with Crippen molar-refractivity contribution in [1.82, 2.24) is 19.9 Å². The number of carbonyl (C=O) groups excluding carboxylic acids is 1. The van der Waals surface area contributed by atoms with Crippen molar-refractivity contribution in [2.75, 3.05) is 4.90 Å². The van der Waals surface area contributed by atoms with E-state index in [1.54, 1.807) is 18.6 Å². The number of amides is 1. The van der Waals surface area contributed by atoms with Gasteiger partial charge in [-0.1, -0.05) is 25.4 Å². The van der Waals surface area contributed by atoms with E-state index in [9.17, 15) is 18.0 Å². The Morgan fingerprint density at radius 1 is 1.12 bits per heavy atom. The molecule has 2 atom stereocenters. The molecule has 0 bridgehead atoms. The molecule has 0 saturated carbocycles. The van der Waals surface area contributed by atoms with Crippen LogP contribution in [0, 0.1) is 0 Å². The molecule has 3 aromatic rings. The van der Waals surface area contributed by atoms with Crippen LogP contribution in [0.25, 0.3) is 10.6 Å². The van der Waals surface area contributed by atoms with Crippen molar-refractivity contribution in [3.8, 4) is 10.6 Å². The van der Waals surface area contributed by atoms with E-state index in [2.05, 4.69) is 15.0 Å². The number of thiazole rings is 1. The average molecular weight is 596 g/mol. The second-order valence-electron chi connectivity index (χ2n) is 10.2. The van der Waals surface area contributed by atoms with E-state index >= 15 is 0 Å². The molecule has 1 aromatic carbocycles. The maximum Gasteiger partial charge on any atom is 0.416 e. The minimum atomic E-state index is -4.53. The van der Waals surface area contributed by atoms with Gasteiger partial charge in [0.2, 0.25) is 5.95 Å². The zero-order chi connectivity index (χ0) is 29.0. The monoisotopic (exact) mass is 595 g/mol. The van der Waals surface area contributed by atoms with Gasteiger partial charge >= 0.3 is 12.3 Å². The fourth-order valence-corrected chi connectivity index (χ4v) is 6.07. The smallest absolute Gasteiger partial charge is 0.416 e. The summed E-state index contributed by atoms with van der Waals surface area (Å²) in [6.45, 7) is 7.80. The molecule has 2 unspecified atom stereocenters. The quantitative estimate of drug-likeness (QED) is 0.264. The van der Waals surface area contributed by atoms with Gasteiger partial charge in [0.1, 0.15) is 5.01 Å². The highest BCUT2D eigenvalue weighted by molar-refractivity contribution is 7.13. The summed E-state index contributed by atoms with van der Waals surface area (Å²) in [6, 6.07) is 3.21. The van der Waals surface area contributed by atoms with Crippen molar-refractivity contribution in [1.29, 1.82) is 0 Å². The Labute approximate surface area is 241 Å². The third-order valence-corrected chi connectivity index (χ3v) is 8.06. The number of piperidine rings is 1. The SMILES string of the molecule is CCC1CC(N(Cc2cc(Cl)cc(C(F)(F)F)c2)c2ncc(-c3nccs3)cn2)CC(CC)N1C(=O)OC(C)C. The normalized spacial score (nSPS) is 19.6. The molecular weight excluding hydrogens is 563 g/mol. The molecule has 1 fully saturated rings. The van der Waals surface area contributed by atoms with Crippen molar-refractivity contribution in [2.24, 2.45) is 0 Å². The lowest BCUT2D eigenvalue weighted by atomic mass is 9.87. The first kappa shape index (κ1) is 30.0. The number of rotatable bonds is 8. The van der Waals surface area contributed by atoms with Crippen molar-refractivity contribution in [3.05, 3.63) is 58.3 Å². The van der Waals surface area contributed by atoms with Crippen LogP contribution in [-0.2, 0) is 17.5 Å². The molecule has 40 heavy (non-hydrogen) atoms. The van der Waals surface area contributed by atoms with Crippen LogP contribution in [0.2, 0.25) is 5.02 Å². The molecular formula is C28H33ClF3N5O2S. The molecule has 7 nitrogen and oxygen atoms in total. The Morgan fingerprint density at radius 3 is 2.30 bits per heavy atom. The van der Waals surface area contributed by atoms with Gasteiger partial charge in [-0.2, -0.15) is 13.2 Å². The molecule has 0 radical (unpaired) electrons. The summed E-state index contributed by atoms with van der Waals surface area (Å²) in [5.41, 5.74) is 0.346. The highest BCUT2D eigenvalue weighted by atomic mass is 35.5. The van der Waals surface area contributed by atoms with E-state index in [0.29, 0.717) is 37.2 Å². The number of carbonyl (C=O) groups is 1. The highest BCUT2D eigenvalue weighted by Crippen LogP contribution is 2.36. The lowest BCUT2D eigenvalue weighted by Gasteiger charge is -2.47. The van der Waals surface area contributed by atoms with Crippen LogP contribution in [0.15, 0.2) is 42.2 Å². The maximum absolute atomic E-state index is 13.6. The van der Waals surface area contributed by atoms with Crippen molar-refractivity contribution in [3.63, 3.8) is 0 Å². The molecule has 2 aromatic heterocycles. The lowest BCUT2D eigenvalue weighted by molar-refractivity contribution is -0.137. The van der Waals surface area contributed by atoms with Gasteiger partial charge in [-0.15, -0.1) is 11.3 Å². The standard InChI is InChI=1S/C28H33ClF3N5O2S/c1-5-22-12-24(13-23(6-2)37(22)27(38)39-17(3)4)36(16-18-9-20(28(30,31)32)11-21(29)10-18)26-34-14-19(15-35-26)25-33-7-8-40-25/h7-11,14-15,17,22-24H,5-6,12-13,16H2,1-4H3. The van der Waals surface area contributed by atoms with Gasteiger partial charge in [0.15, 0.2) is 0 Å². The van der Waals surface area contributed by atoms with E-state index in [1.165, 1.54) is 17.4 Å². The number of likely N-dealkylation sites (tertiary alicyclic amines) is 1. The number of aromatic nitrogens is 3. The maximum atomic E-state index is 13.6. The van der Waals surface area contributed by atoms with Gasteiger partial charge in [-0.3, -0.25) is 0 Å². The molecule has 1 aliphatic heterocycles. The van der Waals surface area contributed by atoms with Gasteiger partial charge in [0.25, 0.3) is 0 Å². The first-order valence-corrected chi connectivity index (χ1v) is 14.6. The summed E-state index contributed by atoms with van der Waals surface area (Å²) in [7, 11) is 0. The Kier molecular flexibility index (Phi) is 9.56. The van der Waals surface area contributed by atoms with Crippen LogP contribution in [-0.4, -0.2) is 50.2 Å². The van der Waals surface area contributed by atoms with Crippen LogP contribution in [0.3, 0.4) is 0 Å². The number of hydrogen-bond acceptors (Lipinski definition) is 7. The third-order valence-electron chi connectivity index (χ3n) is 7.02. The second kappa shape index (κ2) is 12.7. The predicted molar refractivity (Wildman–Crippen MR) is 150 cm³/mol. The summed E-state index contributed by atoms with van der Waals surface area (Å²) in [5, 5.41) is 2.64. The summed E-state index contributed by atoms with van der Waals surface area (Å²) >= 11 is 7.59. The van der Waals surface area contributed by atoms with Gasteiger partial charge in [-0.25, -0.2) is 19.7 Å². The first-order valence-electron chi connectivity index (χ1n) is 13.3. The molecule has 0 N–H and O–H groups in total. The topological polar surface area (TPSA) is 71.5 Å². The first-order chi connectivity index (χ1) is 19.0. The van der Waals surface area contributed by atoms with Crippen molar-refractivity contribution >= 4 is 35.0 Å². The molecule has 1 saturated heterocycles. The van der Waals surface area contributed by atoms with Crippen LogP contribution in [0.1, 0.15) is 64.5 Å². The molecule has 1 aliphatic rings. The Hall–Kier alpha value is -2.92. The molecule has 0 spiro atoms. The lowest BCUT2D eigenvalue weighted by Crippen LogP contribution is -2.57. The molecule has 1 amide bonds. The Bertz CT molecular complexity index is 1260. The van der Waals surface area contributed by atoms with Crippen LogP contribution >= 0.6 is 22.9 Å². The summed E-state index contributed by atoms with van der Waals surface area (Å²) in [6.07, 6.45) is 2.52. The minimum absolute atomic E-state index is 0.00827. The summed E-state index contributed by atoms with van der Waals surface area (Å²) in [5.74, 6) is 0.391. The Morgan fingerprint density at radius 2 is 1.77 bits per heavy atom. The third kappa shape index (κ3) is 7.04. The van der Waals surface area contributed by atoms with Gasteiger partial charge in [-0.05, 0) is 63.3 Å². The zero-order valence-corrected chi connectivity index (χ0v) is 24.4. The second-order valence-corrected chi connectivity index (χ2v) is 11.5.